The van der Waals surface area contributed by atoms with Gasteiger partial charge in [-0.2, -0.15) is 13.2 Å². The van der Waals surface area contributed by atoms with Crippen LogP contribution in [0, 0.1) is 0 Å². The number of alkyl halides is 3. The highest BCUT2D eigenvalue weighted by Gasteiger charge is 2.42. The third kappa shape index (κ3) is 8.23. The molecular weight excluding hydrogens is 514 g/mol. The first kappa shape index (κ1) is 28.0. The van der Waals surface area contributed by atoms with E-state index in [2.05, 4.69) is 4.90 Å². The number of ether oxygens (including phenoxy) is 1. The zero-order chi connectivity index (χ0) is 26.3. The van der Waals surface area contributed by atoms with E-state index in [0.29, 0.717) is 34.5 Å². The highest BCUT2D eigenvalue weighted by molar-refractivity contribution is 6.30. The van der Waals surface area contributed by atoms with Crippen molar-refractivity contribution >= 4 is 29.0 Å². The molecule has 0 spiro atoms. The van der Waals surface area contributed by atoms with Crippen LogP contribution in [0.2, 0.25) is 10.0 Å². The number of aliphatic hydroxyl groups excluding tert-OH is 1. The smallest absolute Gasteiger partial charge is 0.452 e. The van der Waals surface area contributed by atoms with Crippen molar-refractivity contribution in [2.45, 2.75) is 24.6 Å². The van der Waals surface area contributed by atoms with E-state index >= 15 is 0 Å². The molecule has 192 valence electrons. The Bertz CT molecular complexity index is 1080. The lowest BCUT2D eigenvalue weighted by Crippen LogP contribution is -2.35. The molecule has 3 rings (SSSR count). The van der Waals surface area contributed by atoms with Crippen LogP contribution < -0.4 is 4.74 Å². The molecule has 4 nitrogen and oxygen atoms in total. The van der Waals surface area contributed by atoms with E-state index in [4.69, 9.17) is 27.9 Å². The largest absolute Gasteiger partial charge is 0.492 e. The molecule has 1 atom stereocenters. The van der Waals surface area contributed by atoms with E-state index in [9.17, 15) is 23.1 Å². The van der Waals surface area contributed by atoms with Crippen molar-refractivity contribution in [3.63, 3.8) is 0 Å². The van der Waals surface area contributed by atoms with Gasteiger partial charge in [0.15, 0.2) is 0 Å². The number of Topliss-reactive ketones (excluding diaryl/α,β-unsaturated/α-hetero) is 1. The fraction of sp³-hybridized carbons (Fsp3) is 0.296. The predicted octanol–water partition coefficient (Wildman–Crippen LogP) is 6.17. The topological polar surface area (TPSA) is 49.8 Å². The number of rotatable bonds is 11. The van der Waals surface area contributed by atoms with Gasteiger partial charge in [0.2, 0.25) is 0 Å². The second kappa shape index (κ2) is 12.6. The second-order valence-electron chi connectivity index (χ2n) is 8.49. The van der Waals surface area contributed by atoms with Crippen LogP contribution in [0.15, 0.2) is 72.8 Å². The molecular formula is C27H26Cl2F3NO3. The Balaban J connectivity index is 1.54. The average Bonchev–Trinajstić information content (AvgIpc) is 2.84. The molecule has 0 saturated carbocycles. The third-order valence-corrected chi connectivity index (χ3v) is 6.22. The molecule has 1 N–H and O–H groups in total. The van der Waals surface area contributed by atoms with Gasteiger partial charge < -0.3 is 14.7 Å². The Hall–Kier alpha value is -2.58. The van der Waals surface area contributed by atoms with Gasteiger partial charge in [0, 0.05) is 35.5 Å². The second-order valence-corrected chi connectivity index (χ2v) is 9.37. The highest BCUT2D eigenvalue weighted by Crippen LogP contribution is 2.28. The Morgan fingerprint density at radius 3 is 1.89 bits per heavy atom. The van der Waals surface area contributed by atoms with E-state index in [0.717, 1.165) is 17.7 Å². The SMILES string of the molecule is CN(CCOc1ccc(CC(O)C(=O)C(F)(F)F)cc1)CC(c1ccc(Cl)cc1)c1ccc(Cl)cc1. The van der Waals surface area contributed by atoms with Gasteiger partial charge >= 0.3 is 6.18 Å². The molecule has 0 heterocycles. The van der Waals surface area contributed by atoms with Crippen LogP contribution in [-0.2, 0) is 11.2 Å². The lowest BCUT2D eigenvalue weighted by molar-refractivity contribution is -0.179. The summed E-state index contributed by atoms with van der Waals surface area (Å²) in [6.45, 7) is 1.73. The van der Waals surface area contributed by atoms with Crippen molar-refractivity contribution in [2.75, 3.05) is 26.7 Å². The molecule has 9 heteroatoms. The van der Waals surface area contributed by atoms with E-state index in [1.165, 1.54) is 12.1 Å². The molecule has 3 aromatic carbocycles. The monoisotopic (exact) mass is 539 g/mol. The first-order valence-corrected chi connectivity index (χ1v) is 12.0. The number of hydrogen-bond donors (Lipinski definition) is 1. The summed E-state index contributed by atoms with van der Waals surface area (Å²) >= 11 is 12.1. The highest BCUT2D eigenvalue weighted by atomic mass is 35.5. The molecule has 0 saturated heterocycles. The summed E-state index contributed by atoms with van der Waals surface area (Å²) in [5.41, 5.74) is 2.64. The van der Waals surface area contributed by atoms with Crippen LogP contribution in [-0.4, -0.2) is 54.8 Å². The Morgan fingerprint density at radius 2 is 1.42 bits per heavy atom. The van der Waals surface area contributed by atoms with Gasteiger partial charge in [0.25, 0.3) is 5.78 Å². The minimum absolute atomic E-state index is 0.0923. The van der Waals surface area contributed by atoms with Crippen molar-refractivity contribution < 1.29 is 27.8 Å². The van der Waals surface area contributed by atoms with Gasteiger partial charge in [-0.15, -0.1) is 0 Å². The summed E-state index contributed by atoms with van der Waals surface area (Å²) < 4.78 is 43.1. The standard InChI is InChI=1S/C27H26Cl2F3NO3/c1-33(17-24(19-4-8-21(28)9-5-19)20-6-10-22(29)11-7-20)14-15-36-23-12-2-18(3-13-23)16-25(34)26(35)27(30,31)32/h2-13,24-25,34H,14-17H2,1H3. The number of carbonyl (C=O) groups excluding carboxylic acids is 1. The van der Waals surface area contributed by atoms with Crippen molar-refractivity contribution in [1.82, 2.24) is 4.90 Å². The summed E-state index contributed by atoms with van der Waals surface area (Å²) in [6.07, 6.45) is -7.60. The summed E-state index contributed by atoms with van der Waals surface area (Å²) in [4.78, 5) is 13.3. The maximum absolute atomic E-state index is 12.4. The Labute approximate surface area is 218 Å². The van der Waals surface area contributed by atoms with Gasteiger partial charge in [-0.1, -0.05) is 59.6 Å². The number of nitrogens with zero attached hydrogens (tertiary/aromatic N) is 1. The number of carbonyl (C=O) groups is 1. The van der Waals surface area contributed by atoms with Crippen molar-refractivity contribution in [2.24, 2.45) is 0 Å². The molecule has 0 aromatic heterocycles. The first-order valence-electron chi connectivity index (χ1n) is 11.2. The minimum Gasteiger partial charge on any atom is -0.492 e. The summed E-state index contributed by atoms with van der Waals surface area (Å²) in [5, 5.41) is 10.9. The molecule has 0 aliphatic carbocycles. The van der Waals surface area contributed by atoms with E-state index in [-0.39, 0.29) is 5.92 Å². The zero-order valence-corrected chi connectivity index (χ0v) is 21.0. The maximum Gasteiger partial charge on any atom is 0.452 e. The number of benzene rings is 3. The van der Waals surface area contributed by atoms with E-state index in [1.807, 2.05) is 55.6 Å². The van der Waals surface area contributed by atoms with E-state index < -0.39 is 24.5 Å². The van der Waals surface area contributed by atoms with Crippen LogP contribution in [0.25, 0.3) is 0 Å². The number of ketones is 1. The van der Waals surface area contributed by atoms with Crippen molar-refractivity contribution in [3.05, 3.63) is 99.5 Å². The van der Waals surface area contributed by atoms with Crippen LogP contribution in [0.1, 0.15) is 22.6 Å². The molecule has 0 bridgehead atoms. The van der Waals surface area contributed by atoms with Crippen LogP contribution in [0.3, 0.4) is 0 Å². The molecule has 3 aromatic rings. The van der Waals surface area contributed by atoms with Crippen molar-refractivity contribution in [1.29, 1.82) is 0 Å². The average molecular weight is 540 g/mol. The predicted molar refractivity (Wildman–Crippen MR) is 135 cm³/mol. The Morgan fingerprint density at radius 1 is 0.917 bits per heavy atom. The maximum atomic E-state index is 12.4. The van der Waals surface area contributed by atoms with Gasteiger partial charge in [-0.05, 0) is 60.1 Å². The third-order valence-electron chi connectivity index (χ3n) is 5.72. The number of aliphatic hydroxyl groups is 1. The van der Waals surface area contributed by atoms with Crippen LogP contribution >= 0.6 is 23.2 Å². The van der Waals surface area contributed by atoms with Gasteiger partial charge in [-0.25, -0.2) is 0 Å². The Kier molecular flexibility index (Phi) is 9.79. The number of likely N-dealkylation sites (N-methyl/N-ethyl adjacent to an activating group) is 1. The summed E-state index contributed by atoms with van der Waals surface area (Å²) in [5.74, 6) is -1.52. The number of halogens is 5. The molecule has 0 fully saturated rings. The van der Waals surface area contributed by atoms with Gasteiger partial charge in [-0.3, -0.25) is 4.79 Å². The molecule has 0 aliphatic rings. The molecule has 36 heavy (non-hydrogen) atoms. The quantitative estimate of drug-likeness (QED) is 0.316. The normalized spacial score (nSPS) is 12.7. The fourth-order valence-electron chi connectivity index (χ4n) is 3.74. The zero-order valence-electron chi connectivity index (χ0n) is 19.5. The molecule has 0 amide bonds. The van der Waals surface area contributed by atoms with Crippen LogP contribution in [0.4, 0.5) is 13.2 Å². The molecule has 1 unspecified atom stereocenters. The molecule has 0 radical (unpaired) electrons. The lowest BCUT2D eigenvalue weighted by Gasteiger charge is -2.25. The summed E-state index contributed by atoms with van der Waals surface area (Å²) in [6, 6.07) is 21.8. The number of hydrogen-bond acceptors (Lipinski definition) is 4. The van der Waals surface area contributed by atoms with Crippen LogP contribution in [0.5, 0.6) is 5.75 Å². The lowest BCUT2D eigenvalue weighted by atomic mass is 9.91. The summed E-state index contributed by atoms with van der Waals surface area (Å²) in [7, 11) is 1.99. The van der Waals surface area contributed by atoms with Gasteiger partial charge in [0.05, 0.1) is 0 Å². The molecule has 0 aliphatic heterocycles. The minimum atomic E-state index is -5.06. The fourth-order valence-corrected chi connectivity index (χ4v) is 3.99. The van der Waals surface area contributed by atoms with Crippen molar-refractivity contribution in [3.8, 4) is 5.75 Å². The first-order chi connectivity index (χ1) is 17.0. The van der Waals surface area contributed by atoms with Gasteiger partial charge in [0.1, 0.15) is 18.5 Å². The van der Waals surface area contributed by atoms with E-state index in [1.54, 1.807) is 12.1 Å².